The molecule has 3 nitrogen and oxygen atoms in total. The summed E-state index contributed by atoms with van der Waals surface area (Å²) in [5.41, 5.74) is 0. The Morgan fingerprint density at radius 3 is 2.71 bits per heavy atom. The molecule has 2 rings (SSSR count). The number of aromatic nitrogens is 1. The maximum atomic E-state index is 6.09. The van der Waals surface area contributed by atoms with Gasteiger partial charge in [0.15, 0.2) is 0 Å². The molecular weight excluding hydrogens is 236 g/mol. The van der Waals surface area contributed by atoms with Gasteiger partial charge in [0.1, 0.15) is 11.6 Å². The molecular formula is C13H19ClN2O. The van der Waals surface area contributed by atoms with Gasteiger partial charge >= 0.3 is 0 Å². The fourth-order valence-electron chi connectivity index (χ4n) is 2.18. The van der Waals surface area contributed by atoms with E-state index in [1.165, 1.54) is 12.8 Å². The van der Waals surface area contributed by atoms with Crippen molar-refractivity contribution in [3.05, 3.63) is 18.3 Å². The molecule has 1 N–H and O–H groups in total. The molecule has 4 heteroatoms. The van der Waals surface area contributed by atoms with Crippen molar-refractivity contribution in [1.82, 2.24) is 4.98 Å². The molecule has 17 heavy (non-hydrogen) atoms. The maximum absolute atomic E-state index is 6.09. The van der Waals surface area contributed by atoms with Crippen molar-refractivity contribution in [3.63, 3.8) is 0 Å². The van der Waals surface area contributed by atoms with Crippen molar-refractivity contribution < 1.29 is 4.74 Å². The van der Waals surface area contributed by atoms with E-state index >= 15 is 0 Å². The van der Waals surface area contributed by atoms with E-state index in [2.05, 4.69) is 10.3 Å². The molecule has 1 saturated carbocycles. The van der Waals surface area contributed by atoms with Gasteiger partial charge < -0.3 is 10.1 Å². The molecule has 0 spiro atoms. The molecule has 0 radical (unpaired) electrons. The van der Waals surface area contributed by atoms with E-state index in [1.54, 1.807) is 13.3 Å². The summed E-state index contributed by atoms with van der Waals surface area (Å²) in [4.78, 5) is 4.29. The van der Waals surface area contributed by atoms with E-state index in [9.17, 15) is 0 Å². The highest BCUT2D eigenvalue weighted by atomic mass is 35.5. The van der Waals surface area contributed by atoms with Crippen LogP contribution in [0.5, 0.6) is 5.75 Å². The average molecular weight is 255 g/mol. The second-order valence-corrected chi connectivity index (χ2v) is 5.20. The zero-order chi connectivity index (χ0) is 12.1. The summed E-state index contributed by atoms with van der Waals surface area (Å²) >= 11 is 6.09. The molecule has 1 aromatic heterocycles. The van der Waals surface area contributed by atoms with E-state index in [0.717, 1.165) is 36.9 Å². The molecule has 0 bridgehead atoms. The molecule has 1 fully saturated rings. The van der Waals surface area contributed by atoms with E-state index in [-0.39, 0.29) is 0 Å². The maximum Gasteiger partial charge on any atom is 0.137 e. The smallest absolute Gasteiger partial charge is 0.137 e. The summed E-state index contributed by atoms with van der Waals surface area (Å²) in [6.45, 7) is 0.989. The van der Waals surface area contributed by atoms with Crippen LogP contribution in [0.3, 0.4) is 0 Å². The number of alkyl halides is 1. The van der Waals surface area contributed by atoms with Gasteiger partial charge in [-0.2, -0.15) is 0 Å². The molecule has 1 heterocycles. The summed E-state index contributed by atoms with van der Waals surface area (Å²) in [5, 5.41) is 3.76. The molecule has 1 aliphatic carbocycles. The highest BCUT2D eigenvalue weighted by Crippen LogP contribution is 2.27. The van der Waals surface area contributed by atoms with E-state index in [4.69, 9.17) is 16.3 Å². The van der Waals surface area contributed by atoms with Crippen molar-refractivity contribution in [3.8, 4) is 5.75 Å². The van der Waals surface area contributed by atoms with Gasteiger partial charge in [0.05, 0.1) is 13.3 Å². The third-order valence-corrected chi connectivity index (χ3v) is 3.76. The lowest BCUT2D eigenvalue weighted by molar-refractivity contribution is 0.377. The Hall–Kier alpha value is -0.960. The first-order valence-corrected chi connectivity index (χ1v) is 6.59. The minimum atomic E-state index is 0.394. The Morgan fingerprint density at radius 1 is 1.35 bits per heavy atom. The molecule has 0 saturated heterocycles. The van der Waals surface area contributed by atoms with Crippen LogP contribution in [0.1, 0.15) is 25.7 Å². The van der Waals surface area contributed by atoms with Crippen LogP contribution in [0, 0.1) is 5.92 Å². The van der Waals surface area contributed by atoms with Gasteiger partial charge in [-0.15, -0.1) is 11.6 Å². The molecule has 1 aliphatic rings. The summed E-state index contributed by atoms with van der Waals surface area (Å²) in [5.74, 6) is 2.44. The number of pyridine rings is 1. The van der Waals surface area contributed by atoms with Crippen LogP contribution in [0.25, 0.3) is 0 Å². The number of nitrogens with one attached hydrogen (secondary N) is 1. The average Bonchev–Trinajstić information content (AvgIpc) is 2.39. The number of nitrogens with zero attached hydrogens (tertiary/aromatic N) is 1. The number of methoxy groups -OCH3 is 1. The number of ether oxygens (including phenoxy) is 1. The quantitative estimate of drug-likeness (QED) is 0.838. The molecule has 0 unspecified atom stereocenters. The van der Waals surface area contributed by atoms with Gasteiger partial charge in [0.2, 0.25) is 0 Å². The minimum Gasteiger partial charge on any atom is -0.495 e. The van der Waals surface area contributed by atoms with Crippen LogP contribution in [-0.2, 0) is 0 Å². The van der Waals surface area contributed by atoms with Crippen molar-refractivity contribution in [1.29, 1.82) is 0 Å². The normalized spacial score (nSPS) is 24.4. The Labute approximate surface area is 108 Å². The Balaban J connectivity index is 1.77. The van der Waals surface area contributed by atoms with E-state index < -0.39 is 0 Å². The topological polar surface area (TPSA) is 34.1 Å². The van der Waals surface area contributed by atoms with Crippen molar-refractivity contribution in [2.75, 3.05) is 19.0 Å². The van der Waals surface area contributed by atoms with Crippen LogP contribution in [0.2, 0.25) is 0 Å². The fraction of sp³-hybridized carbons (Fsp3) is 0.615. The minimum absolute atomic E-state index is 0.394. The van der Waals surface area contributed by atoms with Crippen molar-refractivity contribution in [2.45, 2.75) is 31.1 Å². The van der Waals surface area contributed by atoms with Gasteiger partial charge in [-0.05, 0) is 43.7 Å². The molecule has 1 aromatic rings. The van der Waals surface area contributed by atoms with E-state index in [0.29, 0.717) is 5.38 Å². The lowest BCUT2D eigenvalue weighted by Gasteiger charge is -2.25. The summed E-state index contributed by atoms with van der Waals surface area (Å²) in [7, 11) is 1.65. The van der Waals surface area contributed by atoms with Gasteiger partial charge in [0.25, 0.3) is 0 Å². The first-order chi connectivity index (χ1) is 8.28. The summed E-state index contributed by atoms with van der Waals surface area (Å²) in [6.07, 6.45) is 6.46. The molecule has 94 valence electrons. The molecule has 0 atom stereocenters. The highest BCUT2D eigenvalue weighted by molar-refractivity contribution is 6.20. The SMILES string of the molecule is COc1ccc(NCC2CCC(Cl)CC2)nc1. The summed E-state index contributed by atoms with van der Waals surface area (Å²) < 4.78 is 5.07. The number of hydrogen-bond donors (Lipinski definition) is 1. The highest BCUT2D eigenvalue weighted by Gasteiger charge is 2.19. The van der Waals surface area contributed by atoms with Gasteiger partial charge in [0, 0.05) is 11.9 Å². The lowest BCUT2D eigenvalue weighted by Crippen LogP contribution is -2.21. The third-order valence-electron chi connectivity index (χ3n) is 3.32. The van der Waals surface area contributed by atoms with Crippen LogP contribution < -0.4 is 10.1 Å². The van der Waals surface area contributed by atoms with E-state index in [1.807, 2.05) is 12.1 Å². The molecule has 0 aromatic carbocycles. The lowest BCUT2D eigenvalue weighted by atomic mass is 9.89. The first kappa shape index (κ1) is 12.5. The largest absolute Gasteiger partial charge is 0.495 e. The fourth-order valence-corrected chi connectivity index (χ4v) is 2.43. The number of halogens is 1. The summed E-state index contributed by atoms with van der Waals surface area (Å²) in [6, 6.07) is 3.87. The Kier molecular flexibility index (Phi) is 4.49. The first-order valence-electron chi connectivity index (χ1n) is 6.16. The van der Waals surface area contributed by atoms with Crippen LogP contribution in [0.15, 0.2) is 18.3 Å². The second-order valence-electron chi connectivity index (χ2n) is 4.58. The standard InChI is InChI=1S/C13H19ClN2O/c1-17-12-6-7-13(16-9-12)15-8-10-2-4-11(14)5-3-10/h6-7,9-11H,2-5,8H2,1H3,(H,15,16). The number of anilines is 1. The zero-order valence-corrected chi connectivity index (χ0v) is 10.9. The van der Waals surface area contributed by atoms with Crippen LogP contribution >= 0.6 is 11.6 Å². The predicted octanol–water partition coefficient (Wildman–Crippen LogP) is 3.30. The van der Waals surface area contributed by atoms with Crippen LogP contribution in [0.4, 0.5) is 5.82 Å². The second kappa shape index (κ2) is 6.10. The van der Waals surface area contributed by atoms with Gasteiger partial charge in [-0.3, -0.25) is 0 Å². The zero-order valence-electron chi connectivity index (χ0n) is 10.2. The van der Waals surface area contributed by atoms with Crippen molar-refractivity contribution in [2.24, 2.45) is 5.92 Å². The number of rotatable bonds is 4. The van der Waals surface area contributed by atoms with Gasteiger partial charge in [-0.1, -0.05) is 0 Å². The van der Waals surface area contributed by atoms with Crippen molar-refractivity contribution >= 4 is 17.4 Å². The Morgan fingerprint density at radius 2 is 2.12 bits per heavy atom. The van der Waals surface area contributed by atoms with Gasteiger partial charge in [-0.25, -0.2) is 4.98 Å². The predicted molar refractivity (Wildman–Crippen MR) is 70.9 cm³/mol. The Bertz CT molecular complexity index is 334. The molecule has 0 amide bonds. The van der Waals surface area contributed by atoms with Crippen LogP contribution in [-0.4, -0.2) is 24.0 Å². The molecule has 0 aliphatic heterocycles. The third kappa shape index (κ3) is 3.77. The monoisotopic (exact) mass is 254 g/mol. The number of hydrogen-bond acceptors (Lipinski definition) is 3.